The molecule has 1 aromatic carbocycles. The third-order valence-corrected chi connectivity index (χ3v) is 5.47. The van der Waals surface area contributed by atoms with E-state index < -0.39 is 15.7 Å². The molecule has 1 aromatic rings. The third-order valence-electron chi connectivity index (χ3n) is 3.27. The smallest absolute Gasteiger partial charge is 0.157 e. The van der Waals surface area contributed by atoms with Crippen molar-refractivity contribution in [1.82, 2.24) is 0 Å². The Balaban J connectivity index is 2.22. The first-order valence-corrected chi connectivity index (χ1v) is 7.46. The van der Waals surface area contributed by atoms with Gasteiger partial charge in [0.1, 0.15) is 5.82 Å². The molecule has 0 aromatic heterocycles. The summed E-state index contributed by atoms with van der Waals surface area (Å²) in [5.74, 6) is -0.600. The summed E-state index contributed by atoms with van der Waals surface area (Å²) in [5, 5.41) is -0.273. The van der Waals surface area contributed by atoms with Gasteiger partial charge >= 0.3 is 0 Å². The number of nitrogens with two attached hydrogens (primary N) is 1. The minimum Gasteiger partial charge on any atom is -0.398 e. The van der Waals surface area contributed by atoms with Crippen LogP contribution in [-0.2, 0) is 15.6 Å². The van der Waals surface area contributed by atoms with Gasteiger partial charge in [0, 0.05) is 5.69 Å². The second kappa shape index (κ2) is 4.64. The lowest BCUT2D eigenvalue weighted by Gasteiger charge is -2.12. The van der Waals surface area contributed by atoms with Gasteiger partial charge in [-0.2, -0.15) is 0 Å². The van der Waals surface area contributed by atoms with E-state index in [0.29, 0.717) is 11.3 Å². The van der Waals surface area contributed by atoms with Crippen LogP contribution in [0.2, 0.25) is 0 Å². The molecule has 0 radical (unpaired) electrons. The number of hydrogen-bond donors (Lipinski definition) is 1. The van der Waals surface area contributed by atoms with Crippen LogP contribution in [0.25, 0.3) is 0 Å². The van der Waals surface area contributed by atoms with E-state index in [1.807, 2.05) is 0 Å². The molecule has 0 aliphatic heterocycles. The maximum Gasteiger partial charge on any atom is 0.157 e. The van der Waals surface area contributed by atoms with Gasteiger partial charge in [0.2, 0.25) is 0 Å². The van der Waals surface area contributed by atoms with Crippen molar-refractivity contribution in [1.29, 1.82) is 0 Å². The normalized spacial score (nSPS) is 17.5. The standard InChI is InChI=1S/C12H16FNO2S/c13-10-5-6-12(14)9(7-10)8-17(15,16)11-3-1-2-4-11/h5-7,11H,1-4,8,14H2. The Kier molecular flexibility index (Phi) is 3.38. The van der Waals surface area contributed by atoms with Gasteiger partial charge in [0.25, 0.3) is 0 Å². The Bertz CT molecular complexity index is 507. The molecule has 0 heterocycles. The van der Waals surface area contributed by atoms with E-state index in [4.69, 9.17) is 5.73 Å². The van der Waals surface area contributed by atoms with E-state index >= 15 is 0 Å². The first kappa shape index (κ1) is 12.4. The van der Waals surface area contributed by atoms with Crippen molar-refractivity contribution in [2.24, 2.45) is 0 Å². The first-order valence-electron chi connectivity index (χ1n) is 5.74. The molecule has 0 bridgehead atoms. The molecular weight excluding hydrogens is 241 g/mol. The summed E-state index contributed by atoms with van der Waals surface area (Å²) in [6.45, 7) is 0. The van der Waals surface area contributed by atoms with Gasteiger partial charge < -0.3 is 5.73 Å². The molecule has 0 amide bonds. The third kappa shape index (κ3) is 2.77. The van der Waals surface area contributed by atoms with E-state index in [2.05, 4.69) is 0 Å². The summed E-state index contributed by atoms with van der Waals surface area (Å²) in [4.78, 5) is 0. The molecule has 17 heavy (non-hydrogen) atoms. The van der Waals surface area contributed by atoms with Gasteiger partial charge in [0.05, 0.1) is 11.0 Å². The predicted octanol–water partition coefficient (Wildman–Crippen LogP) is 2.27. The Morgan fingerprint density at radius 3 is 2.59 bits per heavy atom. The largest absolute Gasteiger partial charge is 0.398 e. The first-order chi connectivity index (χ1) is 7.99. The highest BCUT2D eigenvalue weighted by Gasteiger charge is 2.29. The Morgan fingerprint density at radius 2 is 1.94 bits per heavy atom. The van der Waals surface area contributed by atoms with Crippen LogP contribution >= 0.6 is 0 Å². The summed E-state index contributed by atoms with van der Waals surface area (Å²) >= 11 is 0. The number of halogens is 1. The van der Waals surface area contributed by atoms with Crippen molar-refractivity contribution >= 4 is 15.5 Å². The van der Waals surface area contributed by atoms with Gasteiger partial charge in [-0.05, 0) is 36.6 Å². The molecule has 0 atom stereocenters. The monoisotopic (exact) mass is 257 g/mol. The fourth-order valence-electron chi connectivity index (χ4n) is 2.28. The maximum atomic E-state index is 13.0. The Labute approximate surface area is 101 Å². The van der Waals surface area contributed by atoms with Gasteiger partial charge in [-0.15, -0.1) is 0 Å². The predicted molar refractivity (Wildman–Crippen MR) is 65.7 cm³/mol. The van der Waals surface area contributed by atoms with E-state index in [1.165, 1.54) is 18.2 Å². The van der Waals surface area contributed by atoms with Crippen LogP contribution in [-0.4, -0.2) is 13.7 Å². The summed E-state index contributed by atoms with van der Waals surface area (Å²) in [6.07, 6.45) is 3.36. The fraction of sp³-hybridized carbons (Fsp3) is 0.500. The lowest BCUT2D eigenvalue weighted by atomic mass is 10.2. The SMILES string of the molecule is Nc1ccc(F)cc1CS(=O)(=O)C1CCCC1. The van der Waals surface area contributed by atoms with Gasteiger partial charge in [-0.3, -0.25) is 0 Å². The zero-order valence-electron chi connectivity index (χ0n) is 9.52. The topological polar surface area (TPSA) is 60.2 Å². The van der Waals surface area contributed by atoms with Crippen molar-refractivity contribution in [3.63, 3.8) is 0 Å². The van der Waals surface area contributed by atoms with Crippen LogP contribution in [0, 0.1) is 5.82 Å². The van der Waals surface area contributed by atoms with Gasteiger partial charge in [-0.25, -0.2) is 12.8 Å². The quantitative estimate of drug-likeness (QED) is 0.845. The zero-order chi connectivity index (χ0) is 12.5. The molecule has 3 nitrogen and oxygen atoms in total. The van der Waals surface area contributed by atoms with Crippen LogP contribution < -0.4 is 5.73 Å². The maximum absolute atomic E-state index is 13.0. The summed E-state index contributed by atoms with van der Waals surface area (Å²) in [5.41, 5.74) is 6.38. The van der Waals surface area contributed by atoms with Crippen molar-refractivity contribution in [2.45, 2.75) is 36.7 Å². The van der Waals surface area contributed by atoms with E-state index in [1.54, 1.807) is 0 Å². The van der Waals surface area contributed by atoms with Gasteiger partial charge in [-0.1, -0.05) is 12.8 Å². The minimum absolute atomic E-state index is 0.152. The van der Waals surface area contributed by atoms with E-state index in [-0.39, 0.29) is 11.0 Å². The molecule has 1 aliphatic carbocycles. The van der Waals surface area contributed by atoms with E-state index in [0.717, 1.165) is 25.7 Å². The van der Waals surface area contributed by atoms with Crippen LogP contribution in [0.15, 0.2) is 18.2 Å². The minimum atomic E-state index is -3.20. The second-order valence-electron chi connectivity index (χ2n) is 4.56. The molecule has 2 N–H and O–H groups in total. The zero-order valence-corrected chi connectivity index (χ0v) is 10.3. The lowest BCUT2D eigenvalue weighted by molar-refractivity contribution is 0.578. The summed E-state index contributed by atoms with van der Waals surface area (Å²) in [6, 6.07) is 3.86. The van der Waals surface area contributed by atoms with Crippen molar-refractivity contribution < 1.29 is 12.8 Å². The second-order valence-corrected chi connectivity index (χ2v) is 6.84. The van der Waals surface area contributed by atoms with Crippen LogP contribution in [0.4, 0.5) is 10.1 Å². The number of benzene rings is 1. The Hall–Kier alpha value is -1.10. The van der Waals surface area contributed by atoms with Crippen molar-refractivity contribution in [2.75, 3.05) is 5.73 Å². The highest BCUT2D eigenvalue weighted by atomic mass is 32.2. The molecule has 5 heteroatoms. The van der Waals surface area contributed by atoms with Crippen LogP contribution in [0.1, 0.15) is 31.2 Å². The molecular formula is C12H16FNO2S. The summed E-state index contributed by atoms with van der Waals surface area (Å²) in [7, 11) is -3.20. The van der Waals surface area contributed by atoms with Crippen LogP contribution in [0.5, 0.6) is 0 Å². The van der Waals surface area contributed by atoms with E-state index in [9.17, 15) is 12.8 Å². The molecule has 0 spiro atoms. The number of sulfone groups is 1. The molecule has 1 fully saturated rings. The average Bonchev–Trinajstić information content (AvgIpc) is 2.77. The number of rotatable bonds is 3. The highest BCUT2D eigenvalue weighted by molar-refractivity contribution is 7.91. The van der Waals surface area contributed by atoms with Gasteiger partial charge in [0.15, 0.2) is 9.84 Å². The van der Waals surface area contributed by atoms with Crippen molar-refractivity contribution in [3.8, 4) is 0 Å². The van der Waals surface area contributed by atoms with Crippen molar-refractivity contribution in [3.05, 3.63) is 29.6 Å². The Morgan fingerprint density at radius 1 is 1.29 bits per heavy atom. The lowest BCUT2D eigenvalue weighted by Crippen LogP contribution is -2.20. The highest BCUT2D eigenvalue weighted by Crippen LogP contribution is 2.28. The summed E-state index contributed by atoms with van der Waals surface area (Å²) < 4.78 is 37.2. The molecule has 1 aliphatic rings. The van der Waals surface area contributed by atoms with Crippen LogP contribution in [0.3, 0.4) is 0 Å². The fourth-order valence-corrected chi connectivity index (χ4v) is 4.25. The molecule has 1 saturated carbocycles. The number of anilines is 1. The number of hydrogen-bond acceptors (Lipinski definition) is 3. The molecule has 2 rings (SSSR count). The molecule has 0 saturated heterocycles. The molecule has 0 unspecified atom stereocenters. The molecule has 94 valence electrons. The number of nitrogen functional groups attached to an aromatic ring is 1. The average molecular weight is 257 g/mol.